The van der Waals surface area contributed by atoms with E-state index in [2.05, 4.69) is 12.2 Å². The summed E-state index contributed by atoms with van der Waals surface area (Å²) in [5.74, 6) is -0.944. The molecule has 0 saturated heterocycles. The quantitative estimate of drug-likeness (QED) is 0.767. The van der Waals surface area contributed by atoms with Gasteiger partial charge >= 0.3 is 5.97 Å². The molecule has 0 saturated carbocycles. The Kier molecular flexibility index (Phi) is 6.82. The van der Waals surface area contributed by atoms with Gasteiger partial charge in [0.15, 0.2) is 6.61 Å². The van der Waals surface area contributed by atoms with E-state index in [1.165, 1.54) is 0 Å². The fourth-order valence-corrected chi connectivity index (χ4v) is 2.58. The van der Waals surface area contributed by atoms with Gasteiger partial charge in [0.2, 0.25) is 0 Å². The van der Waals surface area contributed by atoms with Crippen LogP contribution < -0.4 is 5.32 Å². The van der Waals surface area contributed by atoms with Crippen molar-refractivity contribution in [3.63, 3.8) is 0 Å². The molecule has 4 nitrogen and oxygen atoms in total. The number of rotatable bonds is 7. The van der Waals surface area contributed by atoms with Crippen molar-refractivity contribution in [2.24, 2.45) is 0 Å². The molecule has 1 amide bonds. The van der Waals surface area contributed by atoms with Crippen LogP contribution in [0.5, 0.6) is 0 Å². The second kappa shape index (κ2) is 9.08. The number of halogens is 1. The molecule has 1 atom stereocenters. The van der Waals surface area contributed by atoms with Gasteiger partial charge in [0.1, 0.15) is 0 Å². The first-order chi connectivity index (χ1) is 11.6. The highest BCUT2D eigenvalue weighted by molar-refractivity contribution is 6.33. The summed E-state index contributed by atoms with van der Waals surface area (Å²) in [4.78, 5) is 24.1. The van der Waals surface area contributed by atoms with E-state index in [-0.39, 0.29) is 24.1 Å². The number of hydrogen-bond donors (Lipinski definition) is 1. The van der Waals surface area contributed by atoms with E-state index in [1.54, 1.807) is 24.3 Å². The van der Waals surface area contributed by atoms with E-state index in [1.807, 2.05) is 30.3 Å². The van der Waals surface area contributed by atoms with E-state index >= 15 is 0 Å². The number of carbonyl (C=O) groups is 2. The Bertz CT molecular complexity index is 688. The second-order valence-electron chi connectivity index (χ2n) is 5.38. The first-order valence-corrected chi connectivity index (χ1v) is 8.25. The number of hydrogen-bond acceptors (Lipinski definition) is 3. The molecule has 0 fully saturated rings. The van der Waals surface area contributed by atoms with Crippen LogP contribution in [0.15, 0.2) is 54.6 Å². The zero-order valence-corrected chi connectivity index (χ0v) is 14.3. The van der Waals surface area contributed by atoms with Crippen LogP contribution in [-0.2, 0) is 9.53 Å². The van der Waals surface area contributed by atoms with Crippen LogP contribution in [0.2, 0.25) is 5.02 Å². The molecule has 0 aromatic heterocycles. The Hall–Kier alpha value is -2.33. The standard InChI is InChI=1S/C19H20ClNO3/c1-2-8-17(14-9-4-3-5-10-14)21-18(22)13-24-19(23)15-11-6-7-12-16(15)20/h3-7,9-12,17H,2,8,13H2,1H3,(H,21,22)/t17-/m1/s1. The summed E-state index contributed by atoms with van der Waals surface area (Å²) in [5, 5.41) is 3.21. The molecule has 1 N–H and O–H groups in total. The Morgan fingerprint density at radius 1 is 1.08 bits per heavy atom. The second-order valence-corrected chi connectivity index (χ2v) is 5.78. The Labute approximate surface area is 146 Å². The summed E-state index contributed by atoms with van der Waals surface area (Å²) in [5.41, 5.74) is 1.28. The van der Waals surface area contributed by atoms with E-state index in [0.29, 0.717) is 5.02 Å². The van der Waals surface area contributed by atoms with Crippen molar-refractivity contribution in [1.82, 2.24) is 5.32 Å². The van der Waals surface area contributed by atoms with Gasteiger partial charge in [-0.15, -0.1) is 0 Å². The minimum absolute atomic E-state index is 0.0947. The number of amides is 1. The highest BCUT2D eigenvalue weighted by atomic mass is 35.5. The number of carbonyl (C=O) groups excluding carboxylic acids is 2. The summed E-state index contributed by atoms with van der Waals surface area (Å²) in [6, 6.07) is 16.2. The summed E-state index contributed by atoms with van der Waals surface area (Å²) in [7, 11) is 0. The monoisotopic (exact) mass is 345 g/mol. The van der Waals surface area contributed by atoms with Crippen LogP contribution >= 0.6 is 11.6 Å². The van der Waals surface area contributed by atoms with Gasteiger partial charge in [0, 0.05) is 0 Å². The topological polar surface area (TPSA) is 55.4 Å². The number of ether oxygens (including phenoxy) is 1. The van der Waals surface area contributed by atoms with E-state index in [0.717, 1.165) is 18.4 Å². The van der Waals surface area contributed by atoms with Gasteiger partial charge in [0.25, 0.3) is 5.91 Å². The van der Waals surface area contributed by atoms with E-state index in [4.69, 9.17) is 16.3 Å². The number of esters is 1. The molecule has 0 aliphatic carbocycles. The molecule has 0 spiro atoms. The van der Waals surface area contributed by atoms with E-state index in [9.17, 15) is 9.59 Å². The number of nitrogens with one attached hydrogen (secondary N) is 1. The zero-order chi connectivity index (χ0) is 17.4. The molecule has 2 aromatic carbocycles. The van der Waals surface area contributed by atoms with Crippen molar-refractivity contribution in [1.29, 1.82) is 0 Å². The molecule has 0 radical (unpaired) electrons. The van der Waals surface area contributed by atoms with Gasteiger partial charge in [-0.1, -0.05) is 67.4 Å². The molecule has 0 heterocycles. The molecule has 126 valence electrons. The fourth-order valence-electron chi connectivity index (χ4n) is 2.37. The average molecular weight is 346 g/mol. The van der Waals surface area contributed by atoms with Crippen molar-refractivity contribution in [2.75, 3.05) is 6.61 Å². The maximum atomic E-state index is 12.1. The minimum atomic E-state index is -0.609. The molecule has 0 aliphatic rings. The molecule has 2 aromatic rings. The highest BCUT2D eigenvalue weighted by Gasteiger charge is 2.16. The summed E-state index contributed by atoms with van der Waals surface area (Å²) >= 11 is 5.94. The Morgan fingerprint density at radius 3 is 2.42 bits per heavy atom. The van der Waals surface area contributed by atoms with Crippen LogP contribution in [0.1, 0.15) is 41.7 Å². The number of benzene rings is 2. The third-order valence-electron chi connectivity index (χ3n) is 3.54. The third-order valence-corrected chi connectivity index (χ3v) is 3.87. The predicted octanol–water partition coefficient (Wildman–Crippen LogP) is 4.15. The highest BCUT2D eigenvalue weighted by Crippen LogP contribution is 2.18. The molecule has 0 unspecified atom stereocenters. The average Bonchev–Trinajstić information content (AvgIpc) is 2.60. The van der Waals surface area contributed by atoms with Crippen LogP contribution in [0.25, 0.3) is 0 Å². The maximum Gasteiger partial charge on any atom is 0.340 e. The van der Waals surface area contributed by atoms with Crippen molar-refractivity contribution in [2.45, 2.75) is 25.8 Å². The molecular formula is C19H20ClNO3. The van der Waals surface area contributed by atoms with Crippen molar-refractivity contribution in [3.8, 4) is 0 Å². The molecule has 0 bridgehead atoms. The first-order valence-electron chi connectivity index (χ1n) is 7.87. The lowest BCUT2D eigenvalue weighted by Gasteiger charge is -2.18. The lowest BCUT2D eigenvalue weighted by molar-refractivity contribution is -0.125. The fraction of sp³-hybridized carbons (Fsp3) is 0.263. The minimum Gasteiger partial charge on any atom is -0.452 e. The normalized spacial score (nSPS) is 11.6. The van der Waals surface area contributed by atoms with Crippen LogP contribution in [0.4, 0.5) is 0 Å². The SMILES string of the molecule is CCC[C@@H](NC(=O)COC(=O)c1ccccc1Cl)c1ccccc1. The lowest BCUT2D eigenvalue weighted by atomic mass is 10.0. The van der Waals surface area contributed by atoms with Crippen molar-refractivity contribution in [3.05, 3.63) is 70.7 Å². The van der Waals surface area contributed by atoms with Gasteiger partial charge in [-0.05, 0) is 24.1 Å². The van der Waals surface area contributed by atoms with Gasteiger partial charge in [-0.25, -0.2) is 4.79 Å². The Balaban J connectivity index is 1.92. The smallest absolute Gasteiger partial charge is 0.340 e. The largest absolute Gasteiger partial charge is 0.452 e. The van der Waals surface area contributed by atoms with Crippen molar-refractivity contribution >= 4 is 23.5 Å². The van der Waals surface area contributed by atoms with Gasteiger partial charge in [-0.2, -0.15) is 0 Å². The first kappa shape index (κ1) is 18.0. The van der Waals surface area contributed by atoms with Crippen LogP contribution in [0, 0.1) is 0 Å². The van der Waals surface area contributed by atoms with Crippen LogP contribution in [0.3, 0.4) is 0 Å². The Morgan fingerprint density at radius 2 is 1.75 bits per heavy atom. The van der Waals surface area contributed by atoms with Crippen LogP contribution in [-0.4, -0.2) is 18.5 Å². The molecular weight excluding hydrogens is 326 g/mol. The molecule has 24 heavy (non-hydrogen) atoms. The maximum absolute atomic E-state index is 12.1. The molecule has 0 aliphatic heterocycles. The van der Waals surface area contributed by atoms with Gasteiger partial charge in [0.05, 0.1) is 16.6 Å². The summed E-state index contributed by atoms with van der Waals surface area (Å²) in [6.45, 7) is 1.72. The third kappa shape index (κ3) is 5.10. The summed E-state index contributed by atoms with van der Waals surface area (Å²) < 4.78 is 5.05. The molecule has 5 heteroatoms. The van der Waals surface area contributed by atoms with E-state index < -0.39 is 5.97 Å². The zero-order valence-electron chi connectivity index (χ0n) is 13.5. The van der Waals surface area contributed by atoms with Gasteiger partial charge < -0.3 is 10.1 Å². The predicted molar refractivity (Wildman–Crippen MR) is 94.0 cm³/mol. The molecule has 2 rings (SSSR count). The lowest BCUT2D eigenvalue weighted by Crippen LogP contribution is -2.32. The van der Waals surface area contributed by atoms with Gasteiger partial charge in [-0.3, -0.25) is 4.79 Å². The van der Waals surface area contributed by atoms with Crippen molar-refractivity contribution < 1.29 is 14.3 Å². The summed E-state index contributed by atoms with van der Waals surface area (Å²) in [6.07, 6.45) is 1.74.